The normalized spacial score (nSPS) is 31.9. The first kappa shape index (κ1) is 14.3. The fraction of sp³-hybridized carbons (Fsp3) is 0.706. The third-order valence-electron chi connectivity index (χ3n) is 5.19. The molecule has 1 amide bonds. The lowest BCUT2D eigenvalue weighted by molar-refractivity contribution is -0.123. The van der Waals surface area contributed by atoms with Crippen LogP contribution in [0, 0.1) is 11.8 Å². The fourth-order valence-corrected chi connectivity index (χ4v) is 3.85. The van der Waals surface area contributed by atoms with Crippen LogP contribution in [0.4, 0.5) is 0 Å². The maximum absolute atomic E-state index is 12.0. The van der Waals surface area contributed by atoms with Gasteiger partial charge in [0.1, 0.15) is 0 Å². The van der Waals surface area contributed by atoms with Gasteiger partial charge >= 0.3 is 0 Å². The number of nitrogens with zero attached hydrogens (tertiary/aromatic N) is 1. The van der Waals surface area contributed by atoms with Crippen LogP contribution in [0.3, 0.4) is 0 Å². The summed E-state index contributed by atoms with van der Waals surface area (Å²) in [7, 11) is 0. The molecule has 0 bridgehead atoms. The number of likely N-dealkylation sites (tertiary alicyclic amines) is 1. The lowest BCUT2D eigenvalue weighted by Gasteiger charge is -2.35. The van der Waals surface area contributed by atoms with E-state index in [0.29, 0.717) is 24.3 Å². The van der Waals surface area contributed by atoms with E-state index in [9.17, 15) is 4.79 Å². The molecule has 2 saturated heterocycles. The molecular formula is C17H24N2O3. The highest BCUT2D eigenvalue weighted by Crippen LogP contribution is 2.36. The SMILES string of the molecule is O=C(C[C@@H]1OC[C@@H]2CN(Cc3ccoc3)CC[C@@H]21)NC1CC1. The number of hydrogen-bond acceptors (Lipinski definition) is 4. The predicted molar refractivity (Wildman–Crippen MR) is 81.1 cm³/mol. The van der Waals surface area contributed by atoms with Crippen molar-refractivity contribution >= 4 is 5.91 Å². The highest BCUT2D eigenvalue weighted by molar-refractivity contribution is 5.77. The number of ether oxygens (including phenoxy) is 1. The van der Waals surface area contributed by atoms with Gasteiger partial charge < -0.3 is 14.5 Å². The molecule has 1 saturated carbocycles. The second-order valence-electron chi connectivity index (χ2n) is 7.00. The van der Waals surface area contributed by atoms with Gasteiger partial charge in [0, 0.05) is 30.6 Å². The Kier molecular flexibility index (Phi) is 3.92. The molecule has 0 aromatic carbocycles. The minimum Gasteiger partial charge on any atom is -0.472 e. The zero-order chi connectivity index (χ0) is 14.9. The van der Waals surface area contributed by atoms with Crippen molar-refractivity contribution in [3.63, 3.8) is 0 Å². The van der Waals surface area contributed by atoms with Crippen molar-refractivity contribution in [1.82, 2.24) is 10.2 Å². The van der Waals surface area contributed by atoms with Crippen LogP contribution in [0.2, 0.25) is 0 Å². The summed E-state index contributed by atoms with van der Waals surface area (Å²) in [4.78, 5) is 14.5. The second-order valence-corrected chi connectivity index (χ2v) is 7.00. The Labute approximate surface area is 131 Å². The zero-order valence-electron chi connectivity index (χ0n) is 12.9. The van der Waals surface area contributed by atoms with Crippen molar-refractivity contribution < 1.29 is 13.9 Å². The summed E-state index contributed by atoms with van der Waals surface area (Å²) in [6.45, 7) is 3.90. The quantitative estimate of drug-likeness (QED) is 0.901. The van der Waals surface area contributed by atoms with Gasteiger partial charge in [-0.15, -0.1) is 0 Å². The summed E-state index contributed by atoms with van der Waals surface area (Å²) in [5.41, 5.74) is 1.23. The van der Waals surface area contributed by atoms with Gasteiger partial charge in [-0.1, -0.05) is 0 Å². The summed E-state index contributed by atoms with van der Waals surface area (Å²) in [5.74, 6) is 1.29. The first-order valence-corrected chi connectivity index (χ1v) is 8.42. The third kappa shape index (κ3) is 3.20. The first-order valence-electron chi connectivity index (χ1n) is 8.42. The Balaban J connectivity index is 1.28. The van der Waals surface area contributed by atoms with Gasteiger partial charge in [0.05, 0.1) is 31.7 Å². The molecule has 4 rings (SSSR count). The molecule has 0 radical (unpaired) electrons. The molecule has 1 aromatic heterocycles. The Morgan fingerprint density at radius 3 is 3.05 bits per heavy atom. The van der Waals surface area contributed by atoms with Gasteiger partial charge in [0.15, 0.2) is 0 Å². The van der Waals surface area contributed by atoms with Gasteiger partial charge in [-0.3, -0.25) is 9.69 Å². The van der Waals surface area contributed by atoms with E-state index in [1.807, 2.05) is 12.3 Å². The van der Waals surface area contributed by atoms with E-state index in [-0.39, 0.29) is 12.0 Å². The number of carbonyl (C=O) groups excluding carboxylic acids is 1. The maximum Gasteiger partial charge on any atom is 0.222 e. The van der Waals surface area contributed by atoms with Gasteiger partial charge in [-0.25, -0.2) is 0 Å². The maximum atomic E-state index is 12.0. The van der Waals surface area contributed by atoms with E-state index < -0.39 is 0 Å². The fourth-order valence-electron chi connectivity index (χ4n) is 3.85. The zero-order valence-corrected chi connectivity index (χ0v) is 12.9. The number of piperidine rings is 1. The standard InChI is InChI=1S/C17H24N2O3/c20-17(18-14-1-2-14)7-16-15-3-5-19(9-13(15)11-22-16)8-12-4-6-21-10-12/h4,6,10,13-16H,1-3,5,7-9,11H2,(H,18,20)/t13-,15-,16-/m0/s1. The lowest BCUT2D eigenvalue weighted by Crippen LogP contribution is -2.42. The van der Waals surface area contributed by atoms with Crippen LogP contribution in [0.15, 0.2) is 23.0 Å². The Morgan fingerprint density at radius 2 is 2.27 bits per heavy atom. The summed E-state index contributed by atoms with van der Waals surface area (Å²) in [6, 6.07) is 2.48. The van der Waals surface area contributed by atoms with Crippen LogP contribution in [0.5, 0.6) is 0 Å². The number of nitrogens with one attached hydrogen (secondary N) is 1. The van der Waals surface area contributed by atoms with E-state index in [1.165, 1.54) is 5.56 Å². The Hall–Kier alpha value is -1.33. The van der Waals surface area contributed by atoms with Crippen LogP contribution in [-0.4, -0.2) is 42.6 Å². The number of fused-ring (bicyclic) bond motifs is 1. The minimum absolute atomic E-state index is 0.125. The van der Waals surface area contributed by atoms with Crippen LogP contribution in [0.1, 0.15) is 31.2 Å². The molecule has 3 aliphatic rings. The largest absolute Gasteiger partial charge is 0.472 e. The Bertz CT molecular complexity index is 512. The number of carbonyl (C=O) groups is 1. The summed E-state index contributed by atoms with van der Waals surface area (Å²) in [6.07, 6.45) is 7.64. The van der Waals surface area contributed by atoms with Crippen LogP contribution < -0.4 is 5.32 Å². The van der Waals surface area contributed by atoms with E-state index >= 15 is 0 Å². The van der Waals surface area contributed by atoms with Gasteiger partial charge in [0.25, 0.3) is 0 Å². The molecular weight excluding hydrogens is 280 g/mol. The molecule has 120 valence electrons. The minimum atomic E-state index is 0.125. The van der Waals surface area contributed by atoms with E-state index in [4.69, 9.17) is 9.15 Å². The number of furan rings is 1. The molecule has 1 aliphatic carbocycles. The predicted octanol–water partition coefficient (Wildman–Crippen LogP) is 1.79. The van der Waals surface area contributed by atoms with Crippen LogP contribution in [0.25, 0.3) is 0 Å². The van der Waals surface area contributed by atoms with Crippen molar-refractivity contribution in [2.75, 3.05) is 19.7 Å². The van der Waals surface area contributed by atoms with E-state index in [1.54, 1.807) is 6.26 Å². The van der Waals surface area contributed by atoms with Gasteiger partial charge in [-0.2, -0.15) is 0 Å². The smallest absolute Gasteiger partial charge is 0.222 e. The average Bonchev–Trinajstić information content (AvgIpc) is 3.01. The van der Waals surface area contributed by atoms with Crippen molar-refractivity contribution in [2.45, 2.75) is 44.4 Å². The van der Waals surface area contributed by atoms with Crippen molar-refractivity contribution in [3.8, 4) is 0 Å². The second kappa shape index (κ2) is 6.05. The monoisotopic (exact) mass is 304 g/mol. The molecule has 3 fully saturated rings. The molecule has 0 spiro atoms. The van der Waals surface area contributed by atoms with Crippen molar-refractivity contribution in [1.29, 1.82) is 0 Å². The van der Waals surface area contributed by atoms with E-state index in [0.717, 1.165) is 45.5 Å². The molecule has 5 nitrogen and oxygen atoms in total. The highest BCUT2D eigenvalue weighted by Gasteiger charge is 2.41. The number of rotatable bonds is 5. The third-order valence-corrected chi connectivity index (χ3v) is 5.19. The van der Waals surface area contributed by atoms with Crippen molar-refractivity contribution in [2.24, 2.45) is 11.8 Å². The van der Waals surface area contributed by atoms with Gasteiger partial charge in [-0.05, 0) is 37.8 Å². The highest BCUT2D eigenvalue weighted by atomic mass is 16.5. The van der Waals surface area contributed by atoms with Crippen LogP contribution >= 0.6 is 0 Å². The molecule has 5 heteroatoms. The summed E-state index contributed by atoms with van der Waals surface area (Å²) in [5, 5.41) is 3.07. The molecule has 22 heavy (non-hydrogen) atoms. The first-order chi connectivity index (χ1) is 10.8. The number of hydrogen-bond donors (Lipinski definition) is 1. The summed E-state index contributed by atoms with van der Waals surface area (Å²) >= 11 is 0. The molecule has 2 aliphatic heterocycles. The number of amides is 1. The molecule has 3 heterocycles. The average molecular weight is 304 g/mol. The summed E-state index contributed by atoms with van der Waals surface area (Å²) < 4.78 is 11.1. The molecule has 0 unspecified atom stereocenters. The van der Waals surface area contributed by atoms with E-state index in [2.05, 4.69) is 10.2 Å². The van der Waals surface area contributed by atoms with Crippen molar-refractivity contribution in [3.05, 3.63) is 24.2 Å². The van der Waals surface area contributed by atoms with Gasteiger partial charge in [0.2, 0.25) is 5.91 Å². The Morgan fingerprint density at radius 1 is 1.36 bits per heavy atom. The van der Waals surface area contributed by atoms with Crippen LogP contribution in [-0.2, 0) is 16.1 Å². The topological polar surface area (TPSA) is 54.7 Å². The molecule has 1 N–H and O–H groups in total. The lowest BCUT2D eigenvalue weighted by atomic mass is 9.83. The molecule has 3 atom stereocenters. The molecule has 1 aromatic rings.